The number of alkyl halides is 3. The molecule has 2 rings (SSSR count). The molecular weight excluding hydrogens is 259 g/mol. The Morgan fingerprint density at radius 2 is 2.16 bits per heavy atom. The maximum Gasteiger partial charge on any atom is 0.416 e. The van der Waals surface area contributed by atoms with Crippen LogP contribution in [0.5, 0.6) is 0 Å². The zero-order chi connectivity index (χ0) is 14.1. The molecule has 0 aliphatic carbocycles. The van der Waals surface area contributed by atoms with Gasteiger partial charge in [-0.05, 0) is 24.1 Å². The fraction of sp³-hybridized carbons (Fsp3) is 0.462. The lowest BCUT2D eigenvalue weighted by Crippen LogP contribution is -2.28. The summed E-state index contributed by atoms with van der Waals surface area (Å²) in [5.74, 6) is 0. The van der Waals surface area contributed by atoms with Gasteiger partial charge in [-0.1, -0.05) is 12.1 Å². The fourth-order valence-corrected chi connectivity index (χ4v) is 2.15. The Labute approximate surface area is 108 Å². The number of hydrogen-bond donors (Lipinski definition) is 1. The Balaban J connectivity index is 2.34. The Morgan fingerprint density at radius 3 is 2.68 bits per heavy atom. The van der Waals surface area contributed by atoms with E-state index in [1.807, 2.05) is 6.07 Å². The molecule has 1 aliphatic heterocycles. The molecule has 102 valence electrons. The summed E-state index contributed by atoms with van der Waals surface area (Å²) in [6.45, 7) is 0.352. The van der Waals surface area contributed by atoms with Gasteiger partial charge in [-0.15, -0.1) is 0 Å². The number of benzene rings is 1. The number of nitriles is 1. The van der Waals surface area contributed by atoms with Gasteiger partial charge in [0.15, 0.2) is 0 Å². The van der Waals surface area contributed by atoms with Crippen molar-refractivity contribution in [2.24, 2.45) is 5.41 Å². The molecule has 1 aromatic carbocycles. The van der Waals surface area contributed by atoms with Crippen molar-refractivity contribution in [2.45, 2.75) is 18.7 Å². The molecule has 19 heavy (non-hydrogen) atoms. The lowest BCUT2D eigenvalue weighted by atomic mass is 9.79. The highest BCUT2D eigenvalue weighted by molar-refractivity contribution is 5.30. The van der Waals surface area contributed by atoms with Gasteiger partial charge in [0.2, 0.25) is 0 Å². The van der Waals surface area contributed by atoms with E-state index in [0.717, 1.165) is 12.1 Å². The predicted octanol–water partition coefficient (Wildman–Crippen LogP) is 2.67. The Kier molecular flexibility index (Phi) is 3.52. The minimum absolute atomic E-state index is 0.0287. The number of nitrogens with zero attached hydrogens (tertiary/aromatic N) is 1. The summed E-state index contributed by atoms with van der Waals surface area (Å²) in [4.78, 5) is 0. The van der Waals surface area contributed by atoms with Crippen LogP contribution in [0.4, 0.5) is 13.2 Å². The van der Waals surface area contributed by atoms with Crippen molar-refractivity contribution in [3.63, 3.8) is 0 Å². The second-order valence-corrected chi connectivity index (χ2v) is 4.60. The smallest absolute Gasteiger partial charge is 0.387 e. The predicted molar refractivity (Wildman–Crippen MR) is 59.9 cm³/mol. The lowest BCUT2D eigenvalue weighted by Gasteiger charge is -2.26. The van der Waals surface area contributed by atoms with Crippen molar-refractivity contribution in [3.8, 4) is 6.07 Å². The van der Waals surface area contributed by atoms with Gasteiger partial charge >= 0.3 is 6.18 Å². The standard InChI is InChI=1S/C13H12F3NO2/c14-13(15,16)10-3-1-2-9(6-10)11(18)12(7-17)4-5-19-8-12/h1-3,6,11,18H,4-5,8H2. The first-order chi connectivity index (χ1) is 8.89. The average Bonchev–Trinajstić information content (AvgIpc) is 2.87. The fourth-order valence-electron chi connectivity index (χ4n) is 2.15. The topological polar surface area (TPSA) is 53.2 Å². The van der Waals surface area contributed by atoms with Gasteiger partial charge in [0.25, 0.3) is 0 Å². The quantitative estimate of drug-likeness (QED) is 0.899. The SMILES string of the molecule is N#CC1(C(O)c2cccc(C(F)(F)F)c2)CCOC1. The summed E-state index contributed by atoms with van der Waals surface area (Å²) in [5.41, 5.74) is -1.91. The van der Waals surface area contributed by atoms with E-state index in [0.29, 0.717) is 13.0 Å². The summed E-state index contributed by atoms with van der Waals surface area (Å²) in [6.07, 6.45) is -5.45. The maximum absolute atomic E-state index is 12.6. The Morgan fingerprint density at radius 1 is 1.42 bits per heavy atom. The minimum atomic E-state index is -4.47. The molecule has 6 heteroatoms. The van der Waals surface area contributed by atoms with Crippen LogP contribution in [0.3, 0.4) is 0 Å². The van der Waals surface area contributed by atoms with Gasteiger partial charge < -0.3 is 9.84 Å². The van der Waals surface area contributed by atoms with Crippen molar-refractivity contribution < 1.29 is 23.0 Å². The molecule has 1 aliphatic rings. The molecule has 0 aromatic heterocycles. The van der Waals surface area contributed by atoms with E-state index in [1.165, 1.54) is 12.1 Å². The number of ether oxygens (including phenoxy) is 1. The Bertz CT molecular complexity index is 501. The zero-order valence-electron chi connectivity index (χ0n) is 9.94. The molecule has 0 amide bonds. The van der Waals surface area contributed by atoms with E-state index >= 15 is 0 Å². The van der Waals surface area contributed by atoms with Gasteiger partial charge in [0, 0.05) is 6.61 Å². The van der Waals surface area contributed by atoms with Crippen LogP contribution < -0.4 is 0 Å². The third-order valence-electron chi connectivity index (χ3n) is 3.33. The monoisotopic (exact) mass is 271 g/mol. The minimum Gasteiger partial charge on any atom is -0.387 e. The average molecular weight is 271 g/mol. The molecule has 0 radical (unpaired) electrons. The molecule has 2 atom stereocenters. The molecule has 0 bridgehead atoms. The molecule has 1 fully saturated rings. The van der Waals surface area contributed by atoms with Crippen LogP contribution in [-0.4, -0.2) is 18.3 Å². The molecule has 1 saturated heterocycles. The highest BCUT2D eigenvalue weighted by Crippen LogP contribution is 2.41. The van der Waals surface area contributed by atoms with Crippen molar-refractivity contribution in [3.05, 3.63) is 35.4 Å². The molecule has 1 heterocycles. The van der Waals surface area contributed by atoms with Crippen LogP contribution in [0.15, 0.2) is 24.3 Å². The molecule has 3 nitrogen and oxygen atoms in total. The normalized spacial score (nSPS) is 25.0. The number of halogens is 3. The second-order valence-electron chi connectivity index (χ2n) is 4.60. The summed E-state index contributed by atoms with van der Waals surface area (Å²) in [7, 11) is 0. The number of rotatable bonds is 2. The summed E-state index contributed by atoms with van der Waals surface area (Å²) < 4.78 is 42.9. The van der Waals surface area contributed by atoms with E-state index < -0.39 is 23.3 Å². The maximum atomic E-state index is 12.6. The number of hydrogen-bond acceptors (Lipinski definition) is 3. The van der Waals surface area contributed by atoms with Crippen LogP contribution in [0, 0.1) is 16.7 Å². The van der Waals surface area contributed by atoms with Gasteiger partial charge in [-0.3, -0.25) is 0 Å². The van der Waals surface area contributed by atoms with Gasteiger partial charge in [0.05, 0.1) is 24.3 Å². The first-order valence-electron chi connectivity index (χ1n) is 5.73. The third kappa shape index (κ3) is 2.57. The highest BCUT2D eigenvalue weighted by Gasteiger charge is 2.43. The molecule has 1 N–H and O–H groups in total. The van der Waals surface area contributed by atoms with Crippen LogP contribution >= 0.6 is 0 Å². The third-order valence-corrected chi connectivity index (χ3v) is 3.33. The van der Waals surface area contributed by atoms with Crippen molar-refractivity contribution in [1.82, 2.24) is 0 Å². The number of aliphatic hydroxyl groups is 1. The van der Waals surface area contributed by atoms with Crippen molar-refractivity contribution in [1.29, 1.82) is 5.26 Å². The molecule has 0 spiro atoms. The summed E-state index contributed by atoms with van der Waals surface area (Å²) >= 11 is 0. The van der Waals surface area contributed by atoms with Gasteiger partial charge in [-0.25, -0.2) is 0 Å². The summed E-state index contributed by atoms with van der Waals surface area (Å²) in [6, 6.07) is 6.40. The molecule has 0 saturated carbocycles. The van der Waals surface area contributed by atoms with Crippen molar-refractivity contribution >= 4 is 0 Å². The number of aliphatic hydroxyl groups excluding tert-OH is 1. The second kappa shape index (κ2) is 4.83. The van der Waals surface area contributed by atoms with Crippen LogP contribution in [0.25, 0.3) is 0 Å². The zero-order valence-corrected chi connectivity index (χ0v) is 9.94. The van der Waals surface area contributed by atoms with Crippen LogP contribution in [0.2, 0.25) is 0 Å². The van der Waals surface area contributed by atoms with E-state index in [-0.39, 0.29) is 12.2 Å². The van der Waals surface area contributed by atoms with Gasteiger partial charge in [0.1, 0.15) is 5.41 Å². The lowest BCUT2D eigenvalue weighted by molar-refractivity contribution is -0.137. The largest absolute Gasteiger partial charge is 0.416 e. The van der Waals surface area contributed by atoms with Crippen LogP contribution in [0.1, 0.15) is 23.7 Å². The van der Waals surface area contributed by atoms with Crippen LogP contribution in [-0.2, 0) is 10.9 Å². The van der Waals surface area contributed by atoms with Gasteiger partial charge in [-0.2, -0.15) is 18.4 Å². The molecule has 1 aromatic rings. The Hall–Kier alpha value is -1.58. The molecular formula is C13H12F3NO2. The van der Waals surface area contributed by atoms with E-state index in [4.69, 9.17) is 10.00 Å². The van der Waals surface area contributed by atoms with Crippen molar-refractivity contribution in [2.75, 3.05) is 13.2 Å². The highest BCUT2D eigenvalue weighted by atomic mass is 19.4. The molecule has 2 unspecified atom stereocenters. The first kappa shape index (κ1) is 13.8. The van der Waals surface area contributed by atoms with E-state index in [1.54, 1.807) is 0 Å². The van der Waals surface area contributed by atoms with E-state index in [9.17, 15) is 18.3 Å². The van der Waals surface area contributed by atoms with E-state index in [2.05, 4.69) is 0 Å². The summed E-state index contributed by atoms with van der Waals surface area (Å²) in [5, 5.41) is 19.4. The first-order valence-corrected chi connectivity index (χ1v) is 5.73.